The fourth-order valence-electron chi connectivity index (χ4n) is 1.67. The third-order valence-electron chi connectivity index (χ3n) is 2.45. The number of pyridine rings is 1. The summed E-state index contributed by atoms with van der Waals surface area (Å²) >= 11 is 3.35. The summed E-state index contributed by atoms with van der Waals surface area (Å²) in [5, 5.41) is 0. The maximum Gasteiger partial charge on any atom is 0.327 e. The van der Waals surface area contributed by atoms with Crippen molar-refractivity contribution in [3.8, 4) is 0 Å². The largest absolute Gasteiger partial charge is 0.327 e. The van der Waals surface area contributed by atoms with Crippen LogP contribution in [0, 0.1) is 0 Å². The Labute approximate surface area is 88.1 Å². The highest BCUT2D eigenvalue weighted by molar-refractivity contribution is 9.10. The standard InChI is InChI=1S/C9H8BrN3O/c10-5-3-7-8(11-4-5)12-9(14)13(7)6-1-2-6/h3-4,6H,1-2H2,(H,11,12,14). The van der Waals surface area contributed by atoms with Crippen molar-refractivity contribution in [3.05, 3.63) is 27.2 Å². The van der Waals surface area contributed by atoms with Gasteiger partial charge in [0.15, 0.2) is 5.65 Å². The van der Waals surface area contributed by atoms with Gasteiger partial charge in [-0.15, -0.1) is 0 Å². The Morgan fingerprint density at radius 3 is 3.07 bits per heavy atom. The van der Waals surface area contributed by atoms with Crippen LogP contribution in [-0.2, 0) is 0 Å². The third-order valence-corrected chi connectivity index (χ3v) is 2.88. The number of H-pyrrole nitrogens is 1. The fraction of sp³-hybridized carbons (Fsp3) is 0.333. The zero-order chi connectivity index (χ0) is 9.71. The van der Waals surface area contributed by atoms with Crippen LogP contribution >= 0.6 is 15.9 Å². The van der Waals surface area contributed by atoms with Crippen molar-refractivity contribution >= 4 is 27.1 Å². The number of fused-ring (bicyclic) bond motifs is 1. The van der Waals surface area contributed by atoms with Gasteiger partial charge in [-0.3, -0.25) is 9.55 Å². The maximum atomic E-state index is 11.6. The summed E-state index contributed by atoms with van der Waals surface area (Å²) in [4.78, 5) is 18.5. The highest BCUT2D eigenvalue weighted by Gasteiger charge is 2.27. The maximum absolute atomic E-state index is 11.6. The fourth-order valence-corrected chi connectivity index (χ4v) is 1.99. The van der Waals surface area contributed by atoms with Gasteiger partial charge in [-0.1, -0.05) is 0 Å². The van der Waals surface area contributed by atoms with Gasteiger partial charge in [0, 0.05) is 16.7 Å². The van der Waals surface area contributed by atoms with Gasteiger partial charge in [-0.25, -0.2) is 9.78 Å². The van der Waals surface area contributed by atoms with Gasteiger partial charge < -0.3 is 0 Å². The summed E-state index contributed by atoms with van der Waals surface area (Å²) in [5.74, 6) is 0. The van der Waals surface area contributed by atoms with Crippen LogP contribution in [0.2, 0.25) is 0 Å². The second kappa shape index (κ2) is 2.70. The van der Waals surface area contributed by atoms with E-state index in [1.807, 2.05) is 6.07 Å². The van der Waals surface area contributed by atoms with E-state index in [1.165, 1.54) is 0 Å². The van der Waals surface area contributed by atoms with Gasteiger partial charge in [0.1, 0.15) is 0 Å². The molecule has 2 heterocycles. The second-order valence-electron chi connectivity index (χ2n) is 3.55. The van der Waals surface area contributed by atoms with E-state index in [9.17, 15) is 4.79 Å². The van der Waals surface area contributed by atoms with Crippen molar-refractivity contribution in [3.63, 3.8) is 0 Å². The lowest BCUT2D eigenvalue weighted by Crippen LogP contribution is -2.14. The van der Waals surface area contributed by atoms with Crippen molar-refractivity contribution in [2.75, 3.05) is 0 Å². The van der Waals surface area contributed by atoms with Gasteiger partial charge >= 0.3 is 5.69 Å². The van der Waals surface area contributed by atoms with E-state index >= 15 is 0 Å². The lowest BCUT2D eigenvalue weighted by molar-refractivity contribution is 0.733. The zero-order valence-corrected chi connectivity index (χ0v) is 8.91. The summed E-state index contributed by atoms with van der Waals surface area (Å²) in [6.45, 7) is 0. The normalized spacial score (nSPS) is 16.4. The van der Waals surface area contributed by atoms with Crippen molar-refractivity contribution in [2.45, 2.75) is 18.9 Å². The Bertz CT molecular complexity index is 553. The average Bonchev–Trinajstić information content (AvgIpc) is 2.90. The first-order valence-corrected chi connectivity index (χ1v) is 5.31. The number of hydrogen-bond donors (Lipinski definition) is 1. The summed E-state index contributed by atoms with van der Waals surface area (Å²) in [7, 11) is 0. The minimum atomic E-state index is -0.0481. The molecule has 0 aliphatic heterocycles. The predicted molar refractivity (Wildman–Crippen MR) is 56.3 cm³/mol. The molecule has 14 heavy (non-hydrogen) atoms. The van der Waals surface area contributed by atoms with Gasteiger partial charge in [0.2, 0.25) is 0 Å². The minimum absolute atomic E-state index is 0.0481. The van der Waals surface area contributed by atoms with Gasteiger partial charge in [-0.05, 0) is 34.8 Å². The Kier molecular flexibility index (Phi) is 1.58. The SMILES string of the molecule is O=c1[nH]c2ncc(Br)cc2n1C1CC1. The van der Waals surface area contributed by atoms with Crippen LogP contribution < -0.4 is 5.69 Å². The van der Waals surface area contributed by atoms with E-state index in [2.05, 4.69) is 25.9 Å². The van der Waals surface area contributed by atoms with Crippen LogP contribution in [0.25, 0.3) is 11.2 Å². The molecule has 3 rings (SSSR count). The van der Waals surface area contributed by atoms with Gasteiger partial charge in [0.25, 0.3) is 0 Å². The molecular formula is C9H8BrN3O. The number of rotatable bonds is 1. The topological polar surface area (TPSA) is 50.7 Å². The lowest BCUT2D eigenvalue weighted by atomic mass is 10.4. The Morgan fingerprint density at radius 1 is 1.57 bits per heavy atom. The Morgan fingerprint density at radius 2 is 2.36 bits per heavy atom. The summed E-state index contributed by atoms with van der Waals surface area (Å²) in [6.07, 6.45) is 3.88. The molecule has 1 aliphatic carbocycles. The molecule has 1 saturated carbocycles. The van der Waals surface area contributed by atoms with Crippen LogP contribution in [0.4, 0.5) is 0 Å². The number of aromatic nitrogens is 3. The van der Waals surface area contributed by atoms with Crippen molar-refractivity contribution in [1.82, 2.24) is 14.5 Å². The predicted octanol–water partition coefficient (Wildman–Crippen LogP) is 1.82. The zero-order valence-electron chi connectivity index (χ0n) is 7.33. The number of nitrogens with zero attached hydrogens (tertiary/aromatic N) is 2. The lowest BCUT2D eigenvalue weighted by Gasteiger charge is -1.98. The second-order valence-corrected chi connectivity index (χ2v) is 4.47. The molecule has 0 unspecified atom stereocenters. The van der Waals surface area contributed by atoms with E-state index in [0.29, 0.717) is 11.7 Å². The van der Waals surface area contributed by atoms with E-state index in [4.69, 9.17) is 0 Å². The first-order valence-electron chi connectivity index (χ1n) is 4.51. The molecule has 1 aliphatic rings. The Balaban J connectivity index is 2.39. The van der Waals surface area contributed by atoms with E-state index < -0.39 is 0 Å². The molecule has 4 nitrogen and oxygen atoms in total. The minimum Gasteiger partial charge on any atom is -0.290 e. The highest BCUT2D eigenvalue weighted by Crippen LogP contribution is 2.35. The van der Waals surface area contributed by atoms with Crippen molar-refractivity contribution < 1.29 is 0 Å². The molecule has 72 valence electrons. The summed E-state index contributed by atoms with van der Waals surface area (Å²) in [5.41, 5.74) is 1.52. The molecule has 1 N–H and O–H groups in total. The first-order chi connectivity index (χ1) is 6.75. The molecule has 0 atom stereocenters. The highest BCUT2D eigenvalue weighted by atomic mass is 79.9. The van der Waals surface area contributed by atoms with Crippen LogP contribution in [-0.4, -0.2) is 14.5 Å². The van der Waals surface area contributed by atoms with Crippen LogP contribution in [0.1, 0.15) is 18.9 Å². The quantitative estimate of drug-likeness (QED) is 0.843. The molecule has 2 aromatic rings. The molecule has 0 aromatic carbocycles. The van der Waals surface area contributed by atoms with Gasteiger partial charge in [0.05, 0.1) is 5.52 Å². The van der Waals surface area contributed by atoms with E-state index in [-0.39, 0.29) is 5.69 Å². The summed E-state index contributed by atoms with van der Waals surface area (Å²) in [6, 6.07) is 2.31. The van der Waals surface area contributed by atoms with Crippen LogP contribution in [0.15, 0.2) is 21.5 Å². The van der Waals surface area contributed by atoms with E-state index in [0.717, 1.165) is 22.8 Å². The van der Waals surface area contributed by atoms with Crippen molar-refractivity contribution in [1.29, 1.82) is 0 Å². The van der Waals surface area contributed by atoms with E-state index in [1.54, 1.807) is 10.8 Å². The number of hydrogen-bond acceptors (Lipinski definition) is 2. The first kappa shape index (κ1) is 8.23. The van der Waals surface area contributed by atoms with Gasteiger partial charge in [-0.2, -0.15) is 0 Å². The number of aromatic amines is 1. The molecule has 0 bridgehead atoms. The molecule has 0 saturated heterocycles. The average molecular weight is 254 g/mol. The third kappa shape index (κ3) is 1.12. The molecular weight excluding hydrogens is 246 g/mol. The van der Waals surface area contributed by atoms with Crippen LogP contribution in [0.3, 0.4) is 0 Å². The number of halogens is 1. The molecule has 0 amide bonds. The molecule has 2 aromatic heterocycles. The summed E-state index contributed by atoms with van der Waals surface area (Å²) < 4.78 is 2.70. The Hall–Kier alpha value is -1.10. The number of nitrogens with one attached hydrogen (secondary N) is 1. The molecule has 0 spiro atoms. The molecule has 5 heteroatoms. The molecule has 1 fully saturated rings. The molecule has 0 radical (unpaired) electrons. The number of imidazole rings is 1. The van der Waals surface area contributed by atoms with Crippen LogP contribution in [0.5, 0.6) is 0 Å². The monoisotopic (exact) mass is 253 g/mol. The smallest absolute Gasteiger partial charge is 0.290 e. The van der Waals surface area contributed by atoms with Crippen molar-refractivity contribution in [2.24, 2.45) is 0 Å².